The smallest absolute Gasteiger partial charge is 0.238 e. The first-order valence-electron chi connectivity index (χ1n) is 6.90. The van der Waals surface area contributed by atoms with E-state index in [-0.39, 0.29) is 5.91 Å². The summed E-state index contributed by atoms with van der Waals surface area (Å²) >= 11 is 0. The van der Waals surface area contributed by atoms with Crippen LogP contribution in [0.4, 0.5) is 5.69 Å². The minimum absolute atomic E-state index is 0.0437. The Hall–Kier alpha value is -1.39. The van der Waals surface area contributed by atoms with Gasteiger partial charge in [0, 0.05) is 25.3 Å². The Morgan fingerprint density at radius 3 is 2.58 bits per heavy atom. The van der Waals surface area contributed by atoms with Crippen LogP contribution in [-0.4, -0.2) is 30.4 Å². The molecule has 1 saturated heterocycles. The molecular formula is C15H23N3O. The van der Waals surface area contributed by atoms with Crippen molar-refractivity contribution in [3.05, 3.63) is 29.8 Å². The topological polar surface area (TPSA) is 58.4 Å². The van der Waals surface area contributed by atoms with E-state index in [9.17, 15) is 4.79 Å². The van der Waals surface area contributed by atoms with Crippen LogP contribution in [0.15, 0.2) is 24.3 Å². The summed E-state index contributed by atoms with van der Waals surface area (Å²) in [6.45, 7) is 7.40. The predicted molar refractivity (Wildman–Crippen MR) is 77.7 cm³/mol. The lowest BCUT2D eigenvalue weighted by molar-refractivity contribution is -0.117. The average Bonchev–Trinajstić information content (AvgIpc) is 2.68. The lowest BCUT2D eigenvalue weighted by atomic mass is 10.0. The molecule has 0 bridgehead atoms. The third-order valence-corrected chi connectivity index (χ3v) is 3.94. The fourth-order valence-corrected chi connectivity index (χ4v) is 2.59. The molecule has 0 aromatic heterocycles. The summed E-state index contributed by atoms with van der Waals surface area (Å²) in [7, 11) is 0. The van der Waals surface area contributed by atoms with Crippen LogP contribution in [0.3, 0.4) is 0 Å². The van der Waals surface area contributed by atoms with Gasteiger partial charge in [-0.15, -0.1) is 0 Å². The molecule has 1 aromatic rings. The van der Waals surface area contributed by atoms with Gasteiger partial charge in [-0.1, -0.05) is 32.0 Å². The number of nitrogens with two attached hydrogens (primary N) is 1. The molecule has 0 saturated carbocycles. The summed E-state index contributed by atoms with van der Waals surface area (Å²) in [5.74, 6) is 1.38. The van der Waals surface area contributed by atoms with E-state index in [1.165, 1.54) is 0 Å². The zero-order chi connectivity index (χ0) is 13.8. The van der Waals surface area contributed by atoms with Crippen LogP contribution >= 0.6 is 0 Å². The molecule has 2 unspecified atom stereocenters. The maximum Gasteiger partial charge on any atom is 0.238 e. The van der Waals surface area contributed by atoms with Gasteiger partial charge in [-0.25, -0.2) is 0 Å². The van der Waals surface area contributed by atoms with Gasteiger partial charge in [-0.2, -0.15) is 0 Å². The number of hydrogen-bond donors (Lipinski definition) is 2. The van der Waals surface area contributed by atoms with E-state index >= 15 is 0 Å². The molecule has 0 aliphatic carbocycles. The first kappa shape index (κ1) is 14.0. The van der Waals surface area contributed by atoms with Crippen molar-refractivity contribution < 1.29 is 4.79 Å². The zero-order valence-electron chi connectivity index (χ0n) is 11.7. The molecule has 2 atom stereocenters. The van der Waals surface area contributed by atoms with E-state index in [4.69, 9.17) is 5.73 Å². The number of anilines is 1. The normalized spacial score (nSPS) is 23.5. The number of nitrogens with zero attached hydrogens (tertiary/aromatic N) is 1. The summed E-state index contributed by atoms with van der Waals surface area (Å²) in [6, 6.07) is 7.68. The van der Waals surface area contributed by atoms with E-state index < -0.39 is 0 Å². The molecule has 1 aromatic carbocycles. The van der Waals surface area contributed by atoms with Gasteiger partial charge < -0.3 is 11.1 Å². The first-order valence-corrected chi connectivity index (χ1v) is 6.90. The number of hydrogen-bond acceptors (Lipinski definition) is 3. The molecule has 1 amide bonds. The fraction of sp³-hybridized carbons (Fsp3) is 0.533. The summed E-state index contributed by atoms with van der Waals surface area (Å²) in [5.41, 5.74) is 7.46. The maximum atomic E-state index is 12.1. The second-order valence-electron chi connectivity index (χ2n) is 5.56. The van der Waals surface area contributed by atoms with Crippen LogP contribution in [0.2, 0.25) is 0 Å². The summed E-state index contributed by atoms with van der Waals surface area (Å²) < 4.78 is 0. The highest BCUT2D eigenvalue weighted by atomic mass is 16.2. The minimum Gasteiger partial charge on any atom is -0.326 e. The van der Waals surface area contributed by atoms with E-state index in [0.717, 1.165) is 24.3 Å². The van der Waals surface area contributed by atoms with Gasteiger partial charge in [-0.05, 0) is 23.5 Å². The number of likely N-dealkylation sites (tertiary alicyclic amines) is 1. The number of para-hydroxylation sites is 1. The van der Waals surface area contributed by atoms with Crippen molar-refractivity contribution in [3.63, 3.8) is 0 Å². The number of carbonyl (C=O) groups is 1. The van der Waals surface area contributed by atoms with Crippen molar-refractivity contribution in [1.82, 2.24) is 4.90 Å². The molecule has 1 heterocycles. The van der Waals surface area contributed by atoms with Crippen molar-refractivity contribution in [1.29, 1.82) is 0 Å². The number of benzene rings is 1. The quantitative estimate of drug-likeness (QED) is 0.867. The molecule has 2 rings (SSSR count). The van der Waals surface area contributed by atoms with Gasteiger partial charge in [0.05, 0.1) is 6.54 Å². The van der Waals surface area contributed by atoms with Crippen LogP contribution in [-0.2, 0) is 11.3 Å². The molecular weight excluding hydrogens is 238 g/mol. The van der Waals surface area contributed by atoms with E-state index in [1.54, 1.807) is 0 Å². The summed E-state index contributed by atoms with van der Waals surface area (Å²) in [6.07, 6.45) is 0. The molecule has 104 valence electrons. The number of amides is 1. The van der Waals surface area contributed by atoms with Crippen LogP contribution in [0, 0.1) is 11.8 Å². The average molecular weight is 261 g/mol. The monoisotopic (exact) mass is 261 g/mol. The molecule has 1 aliphatic rings. The highest BCUT2D eigenvalue weighted by Gasteiger charge is 2.27. The third kappa shape index (κ3) is 3.55. The minimum atomic E-state index is 0.0437. The maximum absolute atomic E-state index is 12.1. The third-order valence-electron chi connectivity index (χ3n) is 3.94. The molecule has 1 fully saturated rings. The predicted octanol–water partition coefficient (Wildman–Crippen LogP) is 1.67. The molecule has 19 heavy (non-hydrogen) atoms. The van der Waals surface area contributed by atoms with Crippen LogP contribution in [0.5, 0.6) is 0 Å². The van der Waals surface area contributed by atoms with E-state index in [0.29, 0.717) is 24.9 Å². The Balaban J connectivity index is 1.91. The van der Waals surface area contributed by atoms with E-state index in [2.05, 4.69) is 24.1 Å². The van der Waals surface area contributed by atoms with Crippen molar-refractivity contribution in [2.45, 2.75) is 20.4 Å². The summed E-state index contributed by atoms with van der Waals surface area (Å²) in [5, 5.41) is 2.96. The molecule has 1 aliphatic heterocycles. The largest absolute Gasteiger partial charge is 0.326 e. The van der Waals surface area contributed by atoms with Crippen LogP contribution < -0.4 is 11.1 Å². The van der Waals surface area contributed by atoms with Gasteiger partial charge in [0.25, 0.3) is 0 Å². The van der Waals surface area contributed by atoms with Crippen molar-refractivity contribution in [2.75, 3.05) is 25.0 Å². The fourth-order valence-electron chi connectivity index (χ4n) is 2.59. The Kier molecular flexibility index (Phi) is 4.56. The van der Waals surface area contributed by atoms with Crippen LogP contribution in [0.1, 0.15) is 19.4 Å². The van der Waals surface area contributed by atoms with Crippen molar-refractivity contribution >= 4 is 11.6 Å². The van der Waals surface area contributed by atoms with Crippen LogP contribution in [0.25, 0.3) is 0 Å². The van der Waals surface area contributed by atoms with Gasteiger partial charge in [0.1, 0.15) is 0 Å². The SMILES string of the molecule is CC1CN(CC(=O)Nc2ccccc2CN)CC1C. The second kappa shape index (κ2) is 6.17. The van der Waals surface area contributed by atoms with Crippen molar-refractivity contribution in [3.8, 4) is 0 Å². The van der Waals surface area contributed by atoms with Gasteiger partial charge >= 0.3 is 0 Å². The number of carbonyl (C=O) groups excluding carboxylic acids is 1. The zero-order valence-corrected chi connectivity index (χ0v) is 11.7. The lowest BCUT2D eigenvalue weighted by Crippen LogP contribution is -2.32. The van der Waals surface area contributed by atoms with Gasteiger partial charge in [0.15, 0.2) is 0 Å². The standard InChI is InChI=1S/C15H23N3O/c1-11-8-18(9-12(11)2)10-15(19)17-14-6-4-3-5-13(14)7-16/h3-6,11-12H,7-10,16H2,1-2H3,(H,17,19). The van der Waals surface area contributed by atoms with E-state index in [1.807, 2.05) is 24.3 Å². The molecule has 4 heteroatoms. The highest BCUT2D eigenvalue weighted by molar-refractivity contribution is 5.93. The molecule has 0 radical (unpaired) electrons. The highest BCUT2D eigenvalue weighted by Crippen LogP contribution is 2.22. The first-order chi connectivity index (χ1) is 9.10. The lowest BCUT2D eigenvalue weighted by Gasteiger charge is -2.16. The Morgan fingerprint density at radius 2 is 1.95 bits per heavy atom. The van der Waals surface area contributed by atoms with Gasteiger partial charge in [-0.3, -0.25) is 9.69 Å². The van der Waals surface area contributed by atoms with Crippen molar-refractivity contribution in [2.24, 2.45) is 17.6 Å². The second-order valence-corrected chi connectivity index (χ2v) is 5.56. The molecule has 4 nitrogen and oxygen atoms in total. The molecule has 0 spiro atoms. The van der Waals surface area contributed by atoms with Gasteiger partial charge in [0.2, 0.25) is 5.91 Å². The summed E-state index contributed by atoms with van der Waals surface area (Å²) in [4.78, 5) is 14.3. The number of nitrogens with one attached hydrogen (secondary N) is 1. The Labute approximate surface area is 115 Å². The Morgan fingerprint density at radius 1 is 1.32 bits per heavy atom. The Bertz CT molecular complexity index is 437. The number of rotatable bonds is 4. The molecule has 3 N–H and O–H groups in total.